The molecule has 1 N–H and O–H groups in total. The van der Waals surface area contributed by atoms with Crippen LogP contribution in [0.4, 0.5) is 5.69 Å². The van der Waals surface area contributed by atoms with E-state index in [0.717, 1.165) is 10.6 Å². The van der Waals surface area contributed by atoms with Crippen LogP contribution in [0.5, 0.6) is 11.5 Å². The minimum atomic E-state index is -0.0567. The van der Waals surface area contributed by atoms with Gasteiger partial charge in [0.15, 0.2) is 11.5 Å². The maximum atomic E-state index is 12.0. The summed E-state index contributed by atoms with van der Waals surface area (Å²) in [6.07, 6.45) is 0. The Labute approximate surface area is 144 Å². The molecule has 0 atom stereocenters. The molecule has 0 spiro atoms. The first-order chi connectivity index (χ1) is 11.2. The molecule has 2 aromatic carbocycles. The Balaban J connectivity index is 1.50. The van der Waals surface area contributed by atoms with Crippen molar-refractivity contribution in [2.45, 2.75) is 5.75 Å². The summed E-state index contributed by atoms with van der Waals surface area (Å²) in [5.41, 5.74) is 1.74. The highest BCUT2D eigenvalue weighted by atomic mass is 35.5. The third-order valence-electron chi connectivity index (χ3n) is 3.27. The van der Waals surface area contributed by atoms with Crippen molar-refractivity contribution in [3.63, 3.8) is 0 Å². The van der Waals surface area contributed by atoms with E-state index in [1.54, 1.807) is 12.1 Å². The van der Waals surface area contributed by atoms with E-state index in [0.29, 0.717) is 41.9 Å². The van der Waals surface area contributed by atoms with Crippen LogP contribution in [-0.4, -0.2) is 24.9 Å². The van der Waals surface area contributed by atoms with Gasteiger partial charge in [-0.25, -0.2) is 0 Å². The van der Waals surface area contributed by atoms with Crippen LogP contribution in [-0.2, 0) is 10.5 Å². The fourth-order valence-electron chi connectivity index (χ4n) is 2.19. The van der Waals surface area contributed by atoms with Crippen LogP contribution in [0.25, 0.3) is 0 Å². The van der Waals surface area contributed by atoms with Gasteiger partial charge in [-0.3, -0.25) is 4.79 Å². The van der Waals surface area contributed by atoms with Crippen molar-refractivity contribution in [1.29, 1.82) is 0 Å². The fraction of sp³-hybridized carbons (Fsp3) is 0.235. The highest BCUT2D eigenvalue weighted by Gasteiger charge is 2.12. The van der Waals surface area contributed by atoms with Gasteiger partial charge in [0.25, 0.3) is 0 Å². The molecule has 0 aliphatic carbocycles. The van der Waals surface area contributed by atoms with Crippen LogP contribution in [0.1, 0.15) is 5.56 Å². The van der Waals surface area contributed by atoms with E-state index in [9.17, 15) is 4.79 Å². The summed E-state index contributed by atoms with van der Waals surface area (Å²) in [4.78, 5) is 12.0. The van der Waals surface area contributed by atoms with Crippen LogP contribution in [0.3, 0.4) is 0 Å². The zero-order valence-corrected chi connectivity index (χ0v) is 14.0. The first-order valence-electron chi connectivity index (χ1n) is 7.23. The predicted molar refractivity (Wildman–Crippen MR) is 93.7 cm³/mol. The number of hydrogen-bond acceptors (Lipinski definition) is 4. The quantitative estimate of drug-likeness (QED) is 0.886. The van der Waals surface area contributed by atoms with Crippen LogP contribution in [0, 0.1) is 0 Å². The lowest BCUT2D eigenvalue weighted by molar-refractivity contribution is -0.113. The smallest absolute Gasteiger partial charge is 0.234 e. The molecule has 0 saturated heterocycles. The number of nitrogens with one attached hydrogen (secondary N) is 1. The number of hydrogen-bond donors (Lipinski definition) is 1. The van der Waals surface area contributed by atoms with E-state index < -0.39 is 0 Å². The van der Waals surface area contributed by atoms with Crippen molar-refractivity contribution >= 4 is 35.0 Å². The molecular formula is C17H16ClNO3S. The normalized spacial score (nSPS) is 12.7. The Morgan fingerprint density at radius 2 is 1.91 bits per heavy atom. The summed E-state index contributed by atoms with van der Waals surface area (Å²) in [6, 6.07) is 13.1. The monoisotopic (exact) mass is 349 g/mol. The lowest BCUT2D eigenvalue weighted by atomic mass is 10.2. The minimum Gasteiger partial charge on any atom is -0.486 e. The van der Waals surface area contributed by atoms with Gasteiger partial charge in [-0.2, -0.15) is 0 Å². The summed E-state index contributed by atoms with van der Waals surface area (Å²) in [5, 5.41) is 3.59. The van der Waals surface area contributed by atoms with Crippen LogP contribution in [0.2, 0.25) is 5.02 Å². The minimum absolute atomic E-state index is 0.0567. The van der Waals surface area contributed by atoms with Crippen molar-refractivity contribution in [2.75, 3.05) is 24.3 Å². The number of amides is 1. The van der Waals surface area contributed by atoms with Crippen LogP contribution >= 0.6 is 23.4 Å². The molecule has 0 bridgehead atoms. The van der Waals surface area contributed by atoms with E-state index in [-0.39, 0.29) is 5.91 Å². The molecule has 1 aliphatic rings. The number of carbonyl (C=O) groups is 1. The van der Waals surface area contributed by atoms with E-state index in [1.807, 2.05) is 30.3 Å². The Kier molecular flexibility index (Phi) is 5.31. The van der Waals surface area contributed by atoms with Gasteiger partial charge in [-0.1, -0.05) is 29.8 Å². The molecule has 0 saturated carbocycles. The number of thioether (sulfide) groups is 1. The molecular weight excluding hydrogens is 334 g/mol. The fourth-order valence-corrected chi connectivity index (χ4v) is 3.30. The lowest BCUT2D eigenvalue weighted by Gasteiger charge is -2.19. The summed E-state index contributed by atoms with van der Waals surface area (Å²) >= 11 is 7.62. The molecule has 4 nitrogen and oxygen atoms in total. The highest BCUT2D eigenvalue weighted by molar-refractivity contribution is 7.99. The third-order valence-corrected chi connectivity index (χ3v) is 4.62. The molecule has 23 heavy (non-hydrogen) atoms. The second kappa shape index (κ2) is 7.62. The van der Waals surface area contributed by atoms with Crippen molar-refractivity contribution in [2.24, 2.45) is 0 Å². The molecule has 0 aromatic heterocycles. The first-order valence-corrected chi connectivity index (χ1v) is 8.76. The van der Waals surface area contributed by atoms with Crippen LogP contribution in [0.15, 0.2) is 42.5 Å². The number of fused-ring (bicyclic) bond motifs is 1. The molecule has 1 amide bonds. The highest BCUT2D eigenvalue weighted by Crippen LogP contribution is 2.32. The molecule has 1 heterocycles. The zero-order chi connectivity index (χ0) is 16.1. The second-order valence-corrected chi connectivity index (χ2v) is 6.38. The standard InChI is InChI=1S/C17H16ClNO3S/c18-14-4-2-1-3-12(14)10-23-11-17(20)19-13-5-6-15-16(9-13)22-8-7-21-15/h1-6,9H,7-8,10-11H2,(H,19,20). The Bertz CT molecular complexity index is 708. The van der Waals surface area contributed by atoms with Gasteiger partial charge in [-0.05, 0) is 23.8 Å². The number of anilines is 1. The maximum absolute atomic E-state index is 12.0. The Morgan fingerprint density at radius 1 is 1.13 bits per heavy atom. The molecule has 0 unspecified atom stereocenters. The lowest BCUT2D eigenvalue weighted by Crippen LogP contribution is -2.17. The van der Waals surface area contributed by atoms with E-state index >= 15 is 0 Å². The number of carbonyl (C=O) groups excluding carboxylic acids is 1. The van der Waals surface area contributed by atoms with Gasteiger partial charge >= 0.3 is 0 Å². The molecule has 6 heteroatoms. The molecule has 3 rings (SSSR count). The third kappa shape index (κ3) is 4.33. The Hall–Kier alpha value is -1.85. The zero-order valence-electron chi connectivity index (χ0n) is 12.4. The average molecular weight is 350 g/mol. The predicted octanol–water partition coefficient (Wildman–Crippen LogP) is 3.98. The molecule has 1 aliphatic heterocycles. The van der Waals surface area contributed by atoms with Crippen LogP contribution < -0.4 is 14.8 Å². The van der Waals surface area contributed by atoms with E-state index in [1.165, 1.54) is 11.8 Å². The van der Waals surface area contributed by atoms with Crippen molar-refractivity contribution in [3.8, 4) is 11.5 Å². The number of rotatable bonds is 5. The number of halogens is 1. The molecule has 2 aromatic rings. The summed E-state index contributed by atoms with van der Waals surface area (Å²) in [7, 11) is 0. The van der Waals surface area contributed by atoms with Gasteiger partial charge in [0, 0.05) is 22.5 Å². The van der Waals surface area contributed by atoms with Gasteiger partial charge in [0.2, 0.25) is 5.91 Å². The number of benzene rings is 2. The molecule has 0 radical (unpaired) electrons. The number of ether oxygens (including phenoxy) is 2. The topological polar surface area (TPSA) is 47.6 Å². The second-order valence-electron chi connectivity index (χ2n) is 4.99. The van der Waals surface area contributed by atoms with Crippen molar-refractivity contribution < 1.29 is 14.3 Å². The SMILES string of the molecule is O=C(CSCc1ccccc1Cl)Nc1ccc2c(c1)OCCO2. The summed E-state index contributed by atoms with van der Waals surface area (Å²) in [5.74, 6) is 2.38. The first kappa shape index (κ1) is 16.0. The van der Waals surface area contributed by atoms with Gasteiger partial charge in [0.1, 0.15) is 13.2 Å². The van der Waals surface area contributed by atoms with Crippen molar-refractivity contribution in [3.05, 3.63) is 53.1 Å². The summed E-state index contributed by atoms with van der Waals surface area (Å²) in [6.45, 7) is 1.08. The average Bonchev–Trinajstić information content (AvgIpc) is 2.56. The Morgan fingerprint density at radius 3 is 2.74 bits per heavy atom. The summed E-state index contributed by atoms with van der Waals surface area (Å²) < 4.78 is 11.0. The van der Waals surface area contributed by atoms with E-state index in [4.69, 9.17) is 21.1 Å². The van der Waals surface area contributed by atoms with Gasteiger partial charge in [0.05, 0.1) is 5.75 Å². The van der Waals surface area contributed by atoms with E-state index in [2.05, 4.69) is 5.32 Å². The molecule has 0 fully saturated rings. The van der Waals surface area contributed by atoms with Gasteiger partial charge in [-0.15, -0.1) is 11.8 Å². The molecule has 120 valence electrons. The van der Waals surface area contributed by atoms with Gasteiger partial charge < -0.3 is 14.8 Å². The largest absolute Gasteiger partial charge is 0.486 e. The maximum Gasteiger partial charge on any atom is 0.234 e. The van der Waals surface area contributed by atoms with Crippen molar-refractivity contribution in [1.82, 2.24) is 0 Å².